The van der Waals surface area contributed by atoms with E-state index in [0.717, 1.165) is 11.1 Å². The summed E-state index contributed by atoms with van der Waals surface area (Å²) in [6.45, 7) is 2.20. The predicted molar refractivity (Wildman–Crippen MR) is 99.3 cm³/mol. The van der Waals surface area contributed by atoms with E-state index in [4.69, 9.17) is 0 Å². The summed E-state index contributed by atoms with van der Waals surface area (Å²) in [5.74, 6) is -0.466. The lowest BCUT2D eigenvalue weighted by molar-refractivity contribution is -0.129. The number of carbonyl (C=O) groups excluding carboxylic acids is 3. The summed E-state index contributed by atoms with van der Waals surface area (Å²) in [4.78, 5) is 42.1. The van der Waals surface area contributed by atoms with Gasteiger partial charge in [-0.2, -0.15) is 0 Å². The molecule has 2 unspecified atom stereocenters. The SMILES string of the molecule is CC(c1ccccc1)N1C(=O)NC(CCC(=O)NCc2cccnc2)C1=O. The lowest BCUT2D eigenvalue weighted by Crippen LogP contribution is -2.34. The lowest BCUT2D eigenvalue weighted by Gasteiger charge is -2.21. The highest BCUT2D eigenvalue weighted by atomic mass is 16.2. The van der Waals surface area contributed by atoms with E-state index >= 15 is 0 Å². The van der Waals surface area contributed by atoms with E-state index in [1.165, 1.54) is 4.90 Å². The van der Waals surface area contributed by atoms with Crippen molar-refractivity contribution in [3.8, 4) is 0 Å². The maximum absolute atomic E-state index is 12.6. The summed E-state index contributed by atoms with van der Waals surface area (Å²) < 4.78 is 0. The molecule has 2 aromatic rings. The summed E-state index contributed by atoms with van der Waals surface area (Å²) in [7, 11) is 0. The van der Waals surface area contributed by atoms with E-state index in [2.05, 4.69) is 15.6 Å². The third kappa shape index (κ3) is 4.49. The Bertz CT molecular complexity index is 810. The monoisotopic (exact) mass is 366 g/mol. The van der Waals surface area contributed by atoms with Gasteiger partial charge in [0.1, 0.15) is 6.04 Å². The number of nitrogens with one attached hydrogen (secondary N) is 2. The van der Waals surface area contributed by atoms with Crippen LogP contribution in [0.4, 0.5) is 4.79 Å². The first-order valence-electron chi connectivity index (χ1n) is 8.90. The molecule has 1 aliphatic heterocycles. The van der Waals surface area contributed by atoms with Crippen LogP contribution >= 0.6 is 0 Å². The molecule has 0 radical (unpaired) electrons. The Labute approximate surface area is 157 Å². The van der Waals surface area contributed by atoms with Gasteiger partial charge in [-0.15, -0.1) is 0 Å². The van der Waals surface area contributed by atoms with Gasteiger partial charge in [0.25, 0.3) is 5.91 Å². The lowest BCUT2D eigenvalue weighted by atomic mass is 10.1. The highest BCUT2D eigenvalue weighted by Gasteiger charge is 2.40. The number of nitrogens with zero attached hydrogens (tertiary/aromatic N) is 2. The van der Waals surface area contributed by atoms with Crippen LogP contribution in [0.1, 0.15) is 36.9 Å². The van der Waals surface area contributed by atoms with Crippen LogP contribution in [0.25, 0.3) is 0 Å². The highest BCUT2D eigenvalue weighted by Crippen LogP contribution is 2.25. The number of amides is 4. The van der Waals surface area contributed by atoms with E-state index in [1.54, 1.807) is 18.5 Å². The standard InChI is InChI=1S/C20H22N4O3/c1-14(16-7-3-2-4-8-16)24-19(26)17(23-20(24)27)9-10-18(25)22-13-15-6-5-11-21-12-15/h2-8,11-12,14,17H,9-10,13H2,1H3,(H,22,25)(H,23,27). The second-order valence-electron chi connectivity index (χ2n) is 6.47. The fourth-order valence-corrected chi connectivity index (χ4v) is 3.06. The maximum Gasteiger partial charge on any atom is 0.325 e. The summed E-state index contributed by atoms with van der Waals surface area (Å²) >= 11 is 0. The van der Waals surface area contributed by atoms with E-state index in [-0.39, 0.29) is 30.7 Å². The molecule has 2 heterocycles. The third-order valence-corrected chi connectivity index (χ3v) is 4.59. The van der Waals surface area contributed by atoms with E-state index in [0.29, 0.717) is 6.54 Å². The van der Waals surface area contributed by atoms with Crippen molar-refractivity contribution in [2.45, 2.75) is 38.4 Å². The second kappa shape index (κ2) is 8.44. The number of imide groups is 1. The van der Waals surface area contributed by atoms with Crippen LogP contribution in [0.15, 0.2) is 54.9 Å². The average molecular weight is 366 g/mol. The van der Waals surface area contributed by atoms with Crippen LogP contribution in [0.2, 0.25) is 0 Å². The first-order valence-corrected chi connectivity index (χ1v) is 8.90. The first-order chi connectivity index (χ1) is 13.1. The minimum atomic E-state index is -0.673. The Hall–Kier alpha value is -3.22. The number of aromatic nitrogens is 1. The molecule has 2 N–H and O–H groups in total. The Morgan fingerprint density at radius 1 is 1.22 bits per heavy atom. The molecule has 1 fully saturated rings. The molecule has 1 aromatic heterocycles. The minimum Gasteiger partial charge on any atom is -0.352 e. The topological polar surface area (TPSA) is 91.4 Å². The van der Waals surface area contributed by atoms with Crippen LogP contribution in [0.3, 0.4) is 0 Å². The van der Waals surface area contributed by atoms with Gasteiger partial charge in [0.05, 0.1) is 6.04 Å². The van der Waals surface area contributed by atoms with Gasteiger partial charge in [0.2, 0.25) is 5.91 Å². The fourth-order valence-electron chi connectivity index (χ4n) is 3.06. The molecule has 140 valence electrons. The molecule has 0 bridgehead atoms. The fraction of sp³-hybridized carbons (Fsp3) is 0.300. The highest BCUT2D eigenvalue weighted by molar-refractivity contribution is 6.04. The van der Waals surface area contributed by atoms with E-state index in [1.807, 2.05) is 43.3 Å². The summed E-state index contributed by atoms with van der Waals surface area (Å²) in [5.41, 5.74) is 1.79. The van der Waals surface area contributed by atoms with Gasteiger partial charge in [0, 0.05) is 25.4 Å². The van der Waals surface area contributed by atoms with Gasteiger partial charge in [-0.3, -0.25) is 19.5 Å². The van der Waals surface area contributed by atoms with Gasteiger partial charge in [-0.25, -0.2) is 4.79 Å². The van der Waals surface area contributed by atoms with Crippen molar-refractivity contribution >= 4 is 17.8 Å². The van der Waals surface area contributed by atoms with Crippen LogP contribution in [-0.4, -0.2) is 33.8 Å². The molecule has 0 spiro atoms. The molecule has 1 saturated heterocycles. The molecule has 27 heavy (non-hydrogen) atoms. The van der Waals surface area contributed by atoms with Gasteiger partial charge >= 0.3 is 6.03 Å². The summed E-state index contributed by atoms with van der Waals surface area (Å²) in [6.07, 6.45) is 3.78. The molecule has 7 nitrogen and oxygen atoms in total. The molecule has 1 aromatic carbocycles. The van der Waals surface area contributed by atoms with Crippen molar-refractivity contribution in [1.82, 2.24) is 20.5 Å². The van der Waals surface area contributed by atoms with Crippen molar-refractivity contribution in [1.29, 1.82) is 0 Å². The van der Waals surface area contributed by atoms with Crippen molar-refractivity contribution in [3.63, 3.8) is 0 Å². The molecular weight excluding hydrogens is 344 g/mol. The third-order valence-electron chi connectivity index (χ3n) is 4.59. The minimum absolute atomic E-state index is 0.157. The van der Waals surface area contributed by atoms with Crippen molar-refractivity contribution in [3.05, 3.63) is 66.0 Å². The Balaban J connectivity index is 1.52. The maximum atomic E-state index is 12.6. The molecule has 3 rings (SSSR count). The van der Waals surface area contributed by atoms with Crippen LogP contribution < -0.4 is 10.6 Å². The predicted octanol–water partition coefficient (Wildman–Crippen LogP) is 2.16. The van der Waals surface area contributed by atoms with E-state index < -0.39 is 12.1 Å². The smallest absolute Gasteiger partial charge is 0.325 e. The van der Waals surface area contributed by atoms with Crippen LogP contribution in [-0.2, 0) is 16.1 Å². The molecule has 1 aliphatic rings. The van der Waals surface area contributed by atoms with Crippen molar-refractivity contribution < 1.29 is 14.4 Å². The zero-order chi connectivity index (χ0) is 19.2. The Morgan fingerprint density at radius 3 is 2.70 bits per heavy atom. The van der Waals surface area contributed by atoms with Gasteiger partial charge in [0.15, 0.2) is 0 Å². The molecule has 0 saturated carbocycles. The van der Waals surface area contributed by atoms with Crippen molar-refractivity contribution in [2.24, 2.45) is 0 Å². The molecule has 7 heteroatoms. The number of urea groups is 1. The van der Waals surface area contributed by atoms with E-state index in [9.17, 15) is 14.4 Å². The summed E-state index contributed by atoms with van der Waals surface area (Å²) in [6, 6.07) is 11.6. The number of pyridine rings is 1. The Kier molecular flexibility index (Phi) is 5.80. The first kappa shape index (κ1) is 18.6. The zero-order valence-electron chi connectivity index (χ0n) is 15.1. The molecule has 2 atom stereocenters. The molecule has 0 aliphatic carbocycles. The quantitative estimate of drug-likeness (QED) is 0.735. The number of hydrogen-bond acceptors (Lipinski definition) is 4. The number of carbonyl (C=O) groups is 3. The summed E-state index contributed by atoms with van der Waals surface area (Å²) in [5, 5.41) is 5.47. The average Bonchev–Trinajstić information content (AvgIpc) is 2.99. The Morgan fingerprint density at radius 2 is 2.00 bits per heavy atom. The van der Waals surface area contributed by atoms with Gasteiger partial charge in [-0.1, -0.05) is 36.4 Å². The number of rotatable bonds is 7. The number of benzene rings is 1. The normalized spacial score (nSPS) is 17.5. The van der Waals surface area contributed by atoms with Crippen LogP contribution in [0, 0.1) is 0 Å². The molecular formula is C20H22N4O3. The number of hydrogen-bond donors (Lipinski definition) is 2. The van der Waals surface area contributed by atoms with Crippen molar-refractivity contribution in [2.75, 3.05) is 0 Å². The van der Waals surface area contributed by atoms with Gasteiger partial charge < -0.3 is 10.6 Å². The molecule has 4 amide bonds. The second-order valence-corrected chi connectivity index (χ2v) is 6.47. The van der Waals surface area contributed by atoms with Crippen LogP contribution in [0.5, 0.6) is 0 Å². The zero-order valence-corrected chi connectivity index (χ0v) is 15.1. The van der Waals surface area contributed by atoms with Gasteiger partial charge in [-0.05, 0) is 30.5 Å². The largest absolute Gasteiger partial charge is 0.352 e.